The van der Waals surface area contributed by atoms with E-state index < -0.39 is 6.04 Å². The molecular weight excluding hydrogens is 318 g/mol. The van der Waals surface area contributed by atoms with Gasteiger partial charge in [-0.1, -0.05) is 17.7 Å². The van der Waals surface area contributed by atoms with Crippen LogP contribution in [-0.4, -0.2) is 24.4 Å². The number of nitrogens with one attached hydrogen (secondary N) is 2. The summed E-state index contributed by atoms with van der Waals surface area (Å²) in [6, 6.07) is 14.3. The number of ether oxygens (including phenoxy) is 1. The summed E-state index contributed by atoms with van der Waals surface area (Å²) in [5.41, 5.74) is 7.26. The fraction of sp³-hybridized carbons (Fsp3) is 0.263. The van der Waals surface area contributed by atoms with E-state index >= 15 is 0 Å². The van der Waals surface area contributed by atoms with Gasteiger partial charge in [-0.25, -0.2) is 0 Å². The number of hydrogen-bond donors (Lipinski definition) is 3. The quantitative estimate of drug-likeness (QED) is 0.721. The van der Waals surface area contributed by atoms with Gasteiger partial charge in [-0.05, 0) is 50.2 Å². The van der Waals surface area contributed by atoms with Crippen LogP contribution in [0.3, 0.4) is 0 Å². The zero-order valence-corrected chi connectivity index (χ0v) is 14.4. The predicted molar refractivity (Wildman–Crippen MR) is 97.6 cm³/mol. The maximum Gasteiger partial charge on any atom is 0.236 e. The Labute approximate surface area is 147 Å². The highest BCUT2D eigenvalue weighted by molar-refractivity contribution is 5.91. The SMILES string of the molecule is Cc1ccc(Oc2ccc(NC(=O)CCNC(=O)C(C)N)cc2)cc1. The smallest absolute Gasteiger partial charge is 0.236 e. The third kappa shape index (κ3) is 6.27. The first-order valence-corrected chi connectivity index (χ1v) is 8.12. The van der Waals surface area contributed by atoms with E-state index in [0.29, 0.717) is 11.4 Å². The molecule has 2 rings (SSSR count). The zero-order chi connectivity index (χ0) is 18.2. The molecule has 0 saturated heterocycles. The van der Waals surface area contributed by atoms with Crippen LogP contribution in [0.15, 0.2) is 48.5 Å². The average molecular weight is 341 g/mol. The second kappa shape index (κ2) is 8.84. The van der Waals surface area contributed by atoms with Crippen molar-refractivity contribution < 1.29 is 14.3 Å². The van der Waals surface area contributed by atoms with E-state index in [4.69, 9.17) is 10.5 Å². The van der Waals surface area contributed by atoms with Gasteiger partial charge in [-0.3, -0.25) is 9.59 Å². The zero-order valence-electron chi connectivity index (χ0n) is 14.4. The van der Waals surface area contributed by atoms with Gasteiger partial charge in [0.15, 0.2) is 0 Å². The summed E-state index contributed by atoms with van der Waals surface area (Å²) < 4.78 is 5.73. The van der Waals surface area contributed by atoms with Crippen molar-refractivity contribution in [2.45, 2.75) is 26.3 Å². The van der Waals surface area contributed by atoms with Gasteiger partial charge in [0, 0.05) is 18.7 Å². The molecule has 0 saturated carbocycles. The molecule has 2 amide bonds. The first-order chi connectivity index (χ1) is 11.9. The number of anilines is 1. The maximum atomic E-state index is 11.8. The van der Waals surface area contributed by atoms with Crippen molar-refractivity contribution in [2.75, 3.05) is 11.9 Å². The number of rotatable bonds is 7. The van der Waals surface area contributed by atoms with Crippen LogP contribution in [-0.2, 0) is 9.59 Å². The van der Waals surface area contributed by atoms with Crippen molar-refractivity contribution in [1.82, 2.24) is 5.32 Å². The molecule has 6 nitrogen and oxygen atoms in total. The minimum atomic E-state index is -0.580. The predicted octanol–water partition coefficient (Wildman–Crippen LogP) is 2.58. The van der Waals surface area contributed by atoms with E-state index in [2.05, 4.69) is 10.6 Å². The molecule has 1 atom stereocenters. The largest absolute Gasteiger partial charge is 0.457 e. The minimum absolute atomic E-state index is 0.181. The normalized spacial score (nSPS) is 11.5. The number of nitrogens with two attached hydrogens (primary N) is 1. The van der Waals surface area contributed by atoms with Crippen LogP contribution in [0, 0.1) is 6.92 Å². The lowest BCUT2D eigenvalue weighted by atomic mass is 10.2. The molecule has 0 radical (unpaired) electrons. The van der Waals surface area contributed by atoms with E-state index in [0.717, 1.165) is 5.75 Å². The molecule has 4 N–H and O–H groups in total. The van der Waals surface area contributed by atoms with E-state index in [1.807, 2.05) is 31.2 Å². The van der Waals surface area contributed by atoms with Crippen molar-refractivity contribution in [3.05, 3.63) is 54.1 Å². The van der Waals surface area contributed by atoms with Gasteiger partial charge in [0.05, 0.1) is 6.04 Å². The number of aryl methyl sites for hydroxylation is 1. The minimum Gasteiger partial charge on any atom is -0.457 e. The summed E-state index contributed by atoms with van der Waals surface area (Å²) in [4.78, 5) is 23.2. The van der Waals surface area contributed by atoms with Gasteiger partial charge < -0.3 is 21.1 Å². The number of carbonyl (C=O) groups is 2. The highest BCUT2D eigenvalue weighted by atomic mass is 16.5. The van der Waals surface area contributed by atoms with Gasteiger partial charge in [0.2, 0.25) is 11.8 Å². The maximum absolute atomic E-state index is 11.8. The molecule has 0 aliphatic rings. The summed E-state index contributed by atoms with van der Waals surface area (Å²) in [5, 5.41) is 5.36. The molecule has 0 aliphatic heterocycles. The van der Waals surface area contributed by atoms with Gasteiger partial charge in [-0.15, -0.1) is 0 Å². The van der Waals surface area contributed by atoms with Gasteiger partial charge in [0.25, 0.3) is 0 Å². The van der Waals surface area contributed by atoms with Crippen molar-refractivity contribution in [3.63, 3.8) is 0 Å². The monoisotopic (exact) mass is 341 g/mol. The molecule has 0 bridgehead atoms. The van der Waals surface area contributed by atoms with Crippen LogP contribution in [0.4, 0.5) is 5.69 Å². The first-order valence-electron chi connectivity index (χ1n) is 8.12. The second-order valence-corrected chi connectivity index (χ2v) is 5.82. The Bertz CT molecular complexity index is 710. The Hall–Kier alpha value is -2.86. The number of amides is 2. The fourth-order valence-electron chi connectivity index (χ4n) is 2.03. The second-order valence-electron chi connectivity index (χ2n) is 5.82. The molecule has 25 heavy (non-hydrogen) atoms. The lowest BCUT2D eigenvalue weighted by molar-refractivity contribution is -0.122. The molecule has 0 heterocycles. The molecule has 132 valence electrons. The number of benzene rings is 2. The van der Waals surface area contributed by atoms with E-state index in [9.17, 15) is 9.59 Å². The summed E-state index contributed by atoms with van der Waals surface area (Å²) in [6.45, 7) is 3.86. The number of hydrogen-bond acceptors (Lipinski definition) is 4. The first kappa shape index (κ1) is 18.5. The van der Waals surface area contributed by atoms with Crippen molar-refractivity contribution in [2.24, 2.45) is 5.73 Å². The summed E-state index contributed by atoms with van der Waals surface area (Å²) >= 11 is 0. The van der Waals surface area contributed by atoms with Crippen LogP contribution in [0.1, 0.15) is 18.9 Å². The summed E-state index contributed by atoms with van der Waals surface area (Å²) in [5.74, 6) is 0.987. The lowest BCUT2D eigenvalue weighted by Gasteiger charge is -2.09. The third-order valence-corrected chi connectivity index (χ3v) is 3.46. The molecular formula is C19H23N3O3. The number of carbonyl (C=O) groups excluding carboxylic acids is 2. The molecule has 2 aromatic carbocycles. The van der Waals surface area contributed by atoms with Crippen LogP contribution < -0.4 is 21.1 Å². The average Bonchev–Trinajstić information content (AvgIpc) is 2.58. The molecule has 6 heteroatoms. The van der Waals surface area contributed by atoms with Crippen LogP contribution in [0.25, 0.3) is 0 Å². The standard InChI is InChI=1S/C19H23N3O3/c1-13-3-7-16(8-4-13)25-17-9-5-15(6-10-17)22-18(23)11-12-21-19(24)14(2)20/h3-10,14H,11-12,20H2,1-2H3,(H,21,24)(H,22,23). The molecule has 2 aromatic rings. The third-order valence-electron chi connectivity index (χ3n) is 3.46. The topological polar surface area (TPSA) is 93.5 Å². The van der Waals surface area contributed by atoms with Crippen molar-refractivity contribution >= 4 is 17.5 Å². The van der Waals surface area contributed by atoms with Crippen LogP contribution in [0.5, 0.6) is 11.5 Å². The highest BCUT2D eigenvalue weighted by Crippen LogP contribution is 2.23. The Balaban J connectivity index is 1.80. The van der Waals surface area contributed by atoms with E-state index in [1.54, 1.807) is 31.2 Å². The summed E-state index contributed by atoms with van der Waals surface area (Å²) in [6.07, 6.45) is 0.181. The molecule has 0 fully saturated rings. The lowest BCUT2D eigenvalue weighted by Crippen LogP contribution is -2.39. The molecule has 1 unspecified atom stereocenters. The van der Waals surface area contributed by atoms with Crippen LogP contribution >= 0.6 is 0 Å². The van der Waals surface area contributed by atoms with Crippen molar-refractivity contribution in [1.29, 1.82) is 0 Å². The molecule has 0 spiro atoms. The van der Waals surface area contributed by atoms with E-state index in [-0.39, 0.29) is 24.8 Å². The van der Waals surface area contributed by atoms with E-state index in [1.165, 1.54) is 5.56 Å². The summed E-state index contributed by atoms with van der Waals surface area (Å²) in [7, 11) is 0. The Morgan fingerprint density at radius 1 is 1.04 bits per heavy atom. The van der Waals surface area contributed by atoms with Gasteiger partial charge >= 0.3 is 0 Å². The Morgan fingerprint density at radius 3 is 2.16 bits per heavy atom. The van der Waals surface area contributed by atoms with Crippen LogP contribution in [0.2, 0.25) is 0 Å². The Morgan fingerprint density at radius 2 is 1.60 bits per heavy atom. The Kier molecular flexibility index (Phi) is 6.54. The van der Waals surface area contributed by atoms with Crippen molar-refractivity contribution in [3.8, 4) is 11.5 Å². The van der Waals surface area contributed by atoms with Gasteiger partial charge in [0.1, 0.15) is 11.5 Å². The van der Waals surface area contributed by atoms with Gasteiger partial charge in [-0.2, -0.15) is 0 Å². The highest BCUT2D eigenvalue weighted by Gasteiger charge is 2.08. The molecule has 0 aliphatic carbocycles. The molecule has 0 aromatic heterocycles. The fourth-order valence-corrected chi connectivity index (χ4v) is 2.03.